The highest BCUT2D eigenvalue weighted by molar-refractivity contribution is 6.19. The summed E-state index contributed by atoms with van der Waals surface area (Å²) in [6.07, 6.45) is 4.67. The van der Waals surface area contributed by atoms with Crippen molar-refractivity contribution in [2.75, 3.05) is 12.5 Å². The average Bonchev–Trinajstić information content (AvgIpc) is 2.84. The fourth-order valence-electron chi connectivity index (χ4n) is 1.88. The van der Waals surface area contributed by atoms with Crippen LogP contribution in [0.5, 0.6) is 5.75 Å². The second-order valence-corrected chi connectivity index (χ2v) is 4.82. The van der Waals surface area contributed by atoms with Gasteiger partial charge in [-0.3, -0.25) is 4.68 Å². The molecule has 1 heterocycles. The zero-order valence-electron chi connectivity index (χ0n) is 11.7. The Morgan fingerprint density at radius 1 is 1.40 bits per heavy atom. The number of rotatable bonds is 4. The average molecular weight is 289 g/mol. The molecule has 0 N–H and O–H groups in total. The molecule has 0 fully saturated rings. The number of halogens is 1. The first-order chi connectivity index (χ1) is 9.69. The minimum absolute atomic E-state index is 0.322. The van der Waals surface area contributed by atoms with Crippen molar-refractivity contribution in [3.63, 3.8) is 0 Å². The second-order valence-electron chi connectivity index (χ2n) is 4.56. The van der Waals surface area contributed by atoms with Crippen LogP contribution in [0.2, 0.25) is 0 Å². The van der Waals surface area contributed by atoms with Gasteiger partial charge in [-0.2, -0.15) is 5.10 Å². The SMILES string of the molecule is Cc1ccc(OCCc2cnn(C)c2)c(C#CCCl)c1. The highest BCUT2D eigenvalue weighted by Crippen LogP contribution is 2.19. The number of aromatic nitrogens is 2. The normalized spacial score (nSPS) is 9.95. The van der Waals surface area contributed by atoms with Gasteiger partial charge in [-0.15, -0.1) is 11.6 Å². The van der Waals surface area contributed by atoms with Gasteiger partial charge < -0.3 is 4.74 Å². The van der Waals surface area contributed by atoms with Gasteiger partial charge in [0.25, 0.3) is 0 Å². The van der Waals surface area contributed by atoms with Crippen LogP contribution in [0.25, 0.3) is 0 Å². The van der Waals surface area contributed by atoms with Crippen molar-refractivity contribution in [2.24, 2.45) is 7.05 Å². The Bertz CT molecular complexity index is 637. The zero-order valence-corrected chi connectivity index (χ0v) is 12.4. The van der Waals surface area contributed by atoms with Crippen molar-refractivity contribution in [2.45, 2.75) is 13.3 Å². The lowest BCUT2D eigenvalue weighted by Crippen LogP contribution is -2.02. The van der Waals surface area contributed by atoms with Gasteiger partial charge >= 0.3 is 0 Å². The van der Waals surface area contributed by atoms with Crippen LogP contribution in [0.4, 0.5) is 0 Å². The van der Waals surface area contributed by atoms with E-state index in [-0.39, 0.29) is 0 Å². The van der Waals surface area contributed by atoms with Crippen molar-refractivity contribution >= 4 is 11.6 Å². The summed E-state index contributed by atoms with van der Waals surface area (Å²) in [4.78, 5) is 0. The number of nitrogens with zero attached hydrogens (tertiary/aromatic N) is 2. The maximum absolute atomic E-state index is 5.82. The first-order valence-corrected chi connectivity index (χ1v) is 6.98. The summed E-state index contributed by atoms with van der Waals surface area (Å²) >= 11 is 5.61. The van der Waals surface area contributed by atoms with Crippen molar-refractivity contribution < 1.29 is 4.74 Å². The molecule has 2 aromatic rings. The van der Waals surface area contributed by atoms with Crippen LogP contribution in [0.15, 0.2) is 30.6 Å². The Kier molecular flexibility index (Phi) is 5.09. The molecule has 0 aliphatic rings. The summed E-state index contributed by atoms with van der Waals surface area (Å²) < 4.78 is 7.61. The van der Waals surface area contributed by atoms with Gasteiger partial charge in [0.1, 0.15) is 5.75 Å². The third-order valence-corrected chi connectivity index (χ3v) is 2.97. The molecular weight excluding hydrogens is 272 g/mol. The van der Waals surface area contributed by atoms with E-state index in [4.69, 9.17) is 16.3 Å². The molecule has 0 radical (unpaired) electrons. The Morgan fingerprint density at radius 3 is 2.95 bits per heavy atom. The molecule has 0 saturated carbocycles. The first kappa shape index (κ1) is 14.5. The topological polar surface area (TPSA) is 27.1 Å². The summed E-state index contributed by atoms with van der Waals surface area (Å²) in [6, 6.07) is 5.99. The number of hydrogen-bond acceptors (Lipinski definition) is 2. The Balaban J connectivity index is 2.01. The molecule has 0 unspecified atom stereocenters. The van der Waals surface area contributed by atoms with Crippen molar-refractivity contribution in [1.29, 1.82) is 0 Å². The lowest BCUT2D eigenvalue weighted by molar-refractivity contribution is 0.321. The lowest BCUT2D eigenvalue weighted by atomic mass is 10.1. The summed E-state index contributed by atoms with van der Waals surface area (Å²) in [5, 5.41) is 4.14. The lowest BCUT2D eigenvalue weighted by Gasteiger charge is -2.08. The van der Waals surface area contributed by atoms with E-state index in [0.29, 0.717) is 12.5 Å². The van der Waals surface area contributed by atoms with Crippen LogP contribution in [-0.4, -0.2) is 22.3 Å². The summed E-state index contributed by atoms with van der Waals surface area (Å²) in [7, 11) is 1.91. The van der Waals surface area contributed by atoms with Crippen LogP contribution in [0.1, 0.15) is 16.7 Å². The smallest absolute Gasteiger partial charge is 0.134 e. The minimum atomic E-state index is 0.322. The third-order valence-electron chi connectivity index (χ3n) is 2.83. The van der Waals surface area contributed by atoms with E-state index in [1.54, 1.807) is 4.68 Å². The minimum Gasteiger partial charge on any atom is -0.492 e. The van der Waals surface area contributed by atoms with Crippen LogP contribution < -0.4 is 4.74 Å². The van der Waals surface area contributed by atoms with E-state index in [1.165, 1.54) is 0 Å². The molecule has 1 aromatic heterocycles. The number of hydrogen-bond donors (Lipinski definition) is 0. The molecule has 0 spiro atoms. The van der Waals surface area contributed by atoms with E-state index < -0.39 is 0 Å². The van der Waals surface area contributed by atoms with E-state index >= 15 is 0 Å². The maximum atomic E-state index is 5.82. The molecule has 1 aromatic carbocycles. The molecule has 20 heavy (non-hydrogen) atoms. The molecule has 3 nitrogen and oxygen atoms in total. The molecule has 0 atom stereocenters. The molecule has 0 aliphatic heterocycles. The van der Waals surface area contributed by atoms with Crippen LogP contribution in [0, 0.1) is 18.8 Å². The van der Waals surface area contributed by atoms with Gasteiger partial charge in [0.15, 0.2) is 0 Å². The monoisotopic (exact) mass is 288 g/mol. The largest absolute Gasteiger partial charge is 0.492 e. The number of aryl methyl sites for hydroxylation is 2. The Morgan fingerprint density at radius 2 is 2.25 bits per heavy atom. The summed E-state index contributed by atoms with van der Waals surface area (Å²) in [5.74, 6) is 7.02. The molecule has 2 rings (SSSR count). The van der Waals surface area contributed by atoms with E-state index in [0.717, 1.165) is 28.9 Å². The van der Waals surface area contributed by atoms with Crippen LogP contribution in [0.3, 0.4) is 0 Å². The first-order valence-electron chi connectivity index (χ1n) is 6.45. The zero-order chi connectivity index (χ0) is 14.4. The molecule has 0 bridgehead atoms. The number of alkyl halides is 1. The molecule has 0 amide bonds. The molecule has 4 heteroatoms. The van der Waals surface area contributed by atoms with Gasteiger partial charge in [0.05, 0.1) is 24.2 Å². The summed E-state index contributed by atoms with van der Waals surface area (Å²) in [5.41, 5.74) is 3.20. The van der Waals surface area contributed by atoms with Crippen molar-refractivity contribution in [3.8, 4) is 17.6 Å². The fourth-order valence-corrected chi connectivity index (χ4v) is 1.94. The van der Waals surface area contributed by atoms with Gasteiger partial charge in [-0.05, 0) is 30.2 Å². The second kappa shape index (κ2) is 7.02. The predicted molar refractivity (Wildman–Crippen MR) is 81.2 cm³/mol. The van der Waals surface area contributed by atoms with Crippen molar-refractivity contribution in [1.82, 2.24) is 9.78 Å². The van der Waals surface area contributed by atoms with E-state index in [1.807, 2.05) is 44.6 Å². The molecule has 0 aliphatic carbocycles. The summed E-state index contributed by atoms with van der Waals surface area (Å²) in [6.45, 7) is 2.63. The van der Waals surface area contributed by atoms with Gasteiger partial charge in [-0.25, -0.2) is 0 Å². The van der Waals surface area contributed by atoms with E-state index in [2.05, 4.69) is 16.9 Å². The van der Waals surface area contributed by atoms with Gasteiger partial charge in [-0.1, -0.05) is 17.9 Å². The number of benzene rings is 1. The third kappa shape index (κ3) is 4.04. The number of ether oxygens (including phenoxy) is 1. The highest BCUT2D eigenvalue weighted by Gasteiger charge is 2.03. The molecule has 104 valence electrons. The Hall–Kier alpha value is -1.92. The quantitative estimate of drug-likeness (QED) is 0.639. The van der Waals surface area contributed by atoms with E-state index in [9.17, 15) is 0 Å². The highest BCUT2D eigenvalue weighted by atomic mass is 35.5. The standard InChI is InChI=1S/C16H17ClN2O/c1-13-5-6-16(15(10-13)4-3-8-17)20-9-7-14-11-18-19(2)12-14/h5-6,10-12H,7-9H2,1-2H3. The van der Waals surface area contributed by atoms with Gasteiger partial charge in [0, 0.05) is 19.7 Å². The molecular formula is C16H17ClN2O. The fraction of sp³-hybridized carbons (Fsp3) is 0.312. The Labute approximate surface area is 124 Å². The van der Waals surface area contributed by atoms with Crippen molar-refractivity contribution in [3.05, 3.63) is 47.3 Å². The predicted octanol–water partition coefficient (Wildman–Crippen LogP) is 2.94. The van der Waals surface area contributed by atoms with Crippen LogP contribution in [-0.2, 0) is 13.5 Å². The maximum Gasteiger partial charge on any atom is 0.134 e. The van der Waals surface area contributed by atoms with Gasteiger partial charge in [0.2, 0.25) is 0 Å². The molecule has 0 saturated heterocycles. The van der Waals surface area contributed by atoms with Crippen LogP contribution >= 0.6 is 11.6 Å².